The first kappa shape index (κ1) is 14.8. The van der Waals surface area contributed by atoms with Gasteiger partial charge in [-0.1, -0.05) is 0 Å². The molecule has 4 N–H and O–H groups in total. The average molecular weight is 303 g/mol. The molecule has 1 aromatic rings. The molecule has 0 aliphatic carbocycles. The fourth-order valence-electron chi connectivity index (χ4n) is 1.89. The van der Waals surface area contributed by atoms with Crippen LogP contribution < -0.4 is 11.2 Å². The van der Waals surface area contributed by atoms with Crippen LogP contribution in [-0.2, 0) is 9.53 Å². The largest absolute Gasteiger partial charge is 0.479 e. The number of aromatic amines is 1. The highest BCUT2D eigenvalue weighted by Gasteiger charge is 2.48. The molecule has 12 heteroatoms. The van der Waals surface area contributed by atoms with Crippen molar-refractivity contribution < 1.29 is 29.8 Å². The van der Waals surface area contributed by atoms with Gasteiger partial charge in [-0.05, 0) is 0 Å². The van der Waals surface area contributed by atoms with E-state index >= 15 is 0 Å². The molecule has 1 saturated heterocycles. The summed E-state index contributed by atoms with van der Waals surface area (Å²) in [5, 5.41) is 38.6. The van der Waals surface area contributed by atoms with Gasteiger partial charge in [0.15, 0.2) is 12.3 Å². The number of aromatic nitrogens is 2. The second-order valence-electron chi connectivity index (χ2n) is 4.20. The number of ether oxygens (including phenoxy) is 1. The van der Waals surface area contributed by atoms with Crippen molar-refractivity contribution in [3.05, 3.63) is 37.1 Å². The van der Waals surface area contributed by atoms with Crippen LogP contribution in [0.5, 0.6) is 0 Å². The fraction of sp³-hybridized carbons (Fsp3) is 0.444. The number of H-pyrrole nitrogens is 1. The van der Waals surface area contributed by atoms with Crippen molar-refractivity contribution in [1.29, 1.82) is 0 Å². The van der Waals surface area contributed by atoms with Gasteiger partial charge < -0.3 is 20.1 Å². The summed E-state index contributed by atoms with van der Waals surface area (Å²) in [7, 11) is 0. The number of carboxylic acid groups (broad SMARTS) is 1. The Morgan fingerprint density at radius 2 is 2.00 bits per heavy atom. The van der Waals surface area contributed by atoms with Crippen LogP contribution in [0.1, 0.15) is 6.23 Å². The lowest BCUT2D eigenvalue weighted by Crippen LogP contribution is -2.38. The highest BCUT2D eigenvalue weighted by Crippen LogP contribution is 2.28. The maximum atomic E-state index is 11.6. The molecular weight excluding hydrogens is 294 g/mol. The number of aliphatic hydroxyl groups excluding tert-OH is 2. The zero-order chi connectivity index (χ0) is 15.9. The first-order valence-electron chi connectivity index (χ1n) is 5.48. The molecule has 12 nitrogen and oxygen atoms in total. The first-order chi connectivity index (χ1) is 9.73. The van der Waals surface area contributed by atoms with Crippen molar-refractivity contribution in [3.63, 3.8) is 0 Å². The standard InChI is InChI=1S/C9H9N3O9/c13-3-4(14)7(21-5(3)8(16)17)11-1-2(12(19)20)6(15)10-9(11)18/h1,3-5,7,13-14H,(H,16,17)(H,10,15,18)/t3-,4-,5+,7+/m0/s1. The number of carboxylic acids is 1. The minimum Gasteiger partial charge on any atom is -0.479 e. The predicted molar refractivity (Wildman–Crippen MR) is 61.5 cm³/mol. The van der Waals surface area contributed by atoms with Gasteiger partial charge in [0.2, 0.25) is 0 Å². The summed E-state index contributed by atoms with van der Waals surface area (Å²) < 4.78 is 5.25. The third-order valence-electron chi connectivity index (χ3n) is 2.90. The lowest BCUT2D eigenvalue weighted by Gasteiger charge is -2.16. The molecule has 1 aliphatic rings. The van der Waals surface area contributed by atoms with Crippen molar-refractivity contribution in [2.24, 2.45) is 0 Å². The molecule has 0 spiro atoms. The van der Waals surface area contributed by atoms with Gasteiger partial charge in [0.25, 0.3) is 0 Å². The average Bonchev–Trinajstić information content (AvgIpc) is 2.66. The molecule has 1 fully saturated rings. The van der Waals surface area contributed by atoms with Crippen LogP contribution in [0, 0.1) is 10.1 Å². The van der Waals surface area contributed by atoms with Crippen LogP contribution in [0.2, 0.25) is 0 Å². The molecule has 2 heterocycles. The zero-order valence-electron chi connectivity index (χ0n) is 10.1. The zero-order valence-corrected chi connectivity index (χ0v) is 10.1. The Morgan fingerprint density at radius 1 is 1.38 bits per heavy atom. The number of hydrogen-bond donors (Lipinski definition) is 4. The molecule has 0 amide bonds. The van der Waals surface area contributed by atoms with E-state index in [2.05, 4.69) is 0 Å². The number of nitrogens with zero attached hydrogens (tertiary/aromatic N) is 2. The number of nitro groups is 1. The molecule has 4 atom stereocenters. The number of rotatable bonds is 3. The number of hydrogen-bond acceptors (Lipinski definition) is 8. The van der Waals surface area contributed by atoms with E-state index in [1.807, 2.05) is 0 Å². The van der Waals surface area contributed by atoms with E-state index in [-0.39, 0.29) is 0 Å². The van der Waals surface area contributed by atoms with E-state index in [0.717, 1.165) is 0 Å². The van der Waals surface area contributed by atoms with Crippen molar-refractivity contribution in [1.82, 2.24) is 9.55 Å². The summed E-state index contributed by atoms with van der Waals surface area (Å²) in [5.74, 6) is -1.59. The summed E-state index contributed by atoms with van der Waals surface area (Å²) in [6.07, 6.45) is -6.67. The summed E-state index contributed by atoms with van der Waals surface area (Å²) in [4.78, 5) is 44.8. The quantitative estimate of drug-likeness (QED) is 0.337. The molecule has 114 valence electrons. The number of aliphatic carboxylic acids is 1. The van der Waals surface area contributed by atoms with Gasteiger partial charge in [-0.2, -0.15) is 0 Å². The van der Waals surface area contributed by atoms with E-state index in [4.69, 9.17) is 9.84 Å². The Kier molecular flexibility index (Phi) is 3.59. The van der Waals surface area contributed by atoms with Crippen LogP contribution in [0.15, 0.2) is 15.8 Å². The maximum Gasteiger partial charge on any atom is 0.350 e. The Bertz CT molecular complexity index is 707. The van der Waals surface area contributed by atoms with Gasteiger partial charge in [-0.15, -0.1) is 0 Å². The van der Waals surface area contributed by atoms with E-state index in [1.54, 1.807) is 4.98 Å². The molecule has 0 aromatic carbocycles. The van der Waals surface area contributed by atoms with Crippen LogP contribution in [0.4, 0.5) is 5.69 Å². The molecule has 2 rings (SSSR count). The van der Waals surface area contributed by atoms with Crippen molar-refractivity contribution in [2.75, 3.05) is 0 Å². The summed E-state index contributed by atoms with van der Waals surface area (Å²) in [5.41, 5.74) is -3.42. The first-order valence-corrected chi connectivity index (χ1v) is 5.48. The smallest absolute Gasteiger partial charge is 0.350 e. The normalized spacial score (nSPS) is 28.5. The second-order valence-corrected chi connectivity index (χ2v) is 4.20. The van der Waals surface area contributed by atoms with Crippen LogP contribution in [0.25, 0.3) is 0 Å². The molecule has 1 aromatic heterocycles. The van der Waals surface area contributed by atoms with Gasteiger partial charge in [0.1, 0.15) is 12.2 Å². The predicted octanol–water partition coefficient (Wildman–Crippen LogP) is -2.85. The topological polar surface area (TPSA) is 185 Å². The third kappa shape index (κ3) is 2.42. The van der Waals surface area contributed by atoms with E-state index in [0.29, 0.717) is 10.8 Å². The van der Waals surface area contributed by atoms with Gasteiger partial charge in [0.05, 0.1) is 11.1 Å². The van der Waals surface area contributed by atoms with Gasteiger partial charge in [0, 0.05) is 0 Å². The van der Waals surface area contributed by atoms with Gasteiger partial charge in [-0.25, -0.2) is 9.59 Å². The SMILES string of the molecule is O=C(O)[C@@H]1O[C@@H](n2cc([N+](=O)[O-])c(=O)[nH]c2=O)[C@@H](O)[C@@H]1O. The van der Waals surface area contributed by atoms with Crippen LogP contribution in [0.3, 0.4) is 0 Å². The van der Waals surface area contributed by atoms with Crippen molar-refractivity contribution in [2.45, 2.75) is 24.5 Å². The fourth-order valence-corrected chi connectivity index (χ4v) is 1.89. The molecule has 1 aliphatic heterocycles. The Labute approximate surface area is 114 Å². The lowest BCUT2D eigenvalue weighted by molar-refractivity contribution is -0.387. The lowest BCUT2D eigenvalue weighted by atomic mass is 10.1. The van der Waals surface area contributed by atoms with E-state index in [9.17, 15) is 34.7 Å². The monoisotopic (exact) mass is 303 g/mol. The molecule has 0 bridgehead atoms. The number of aliphatic hydroxyl groups is 2. The Morgan fingerprint density at radius 3 is 2.48 bits per heavy atom. The maximum absolute atomic E-state index is 11.6. The summed E-state index contributed by atoms with van der Waals surface area (Å²) in [6.45, 7) is 0. The van der Waals surface area contributed by atoms with E-state index < -0.39 is 52.4 Å². The molecule has 0 unspecified atom stereocenters. The highest BCUT2D eigenvalue weighted by atomic mass is 16.6. The van der Waals surface area contributed by atoms with Crippen LogP contribution >= 0.6 is 0 Å². The molecular formula is C9H9N3O9. The van der Waals surface area contributed by atoms with E-state index in [1.165, 1.54) is 0 Å². The van der Waals surface area contributed by atoms with Crippen LogP contribution in [-0.4, -0.2) is 54.1 Å². The minimum absolute atomic E-state index is 0.441. The van der Waals surface area contributed by atoms with Gasteiger partial charge >= 0.3 is 22.9 Å². The minimum atomic E-state index is -1.84. The molecule has 21 heavy (non-hydrogen) atoms. The summed E-state index contributed by atoms with van der Waals surface area (Å²) in [6, 6.07) is 0. The number of carbonyl (C=O) groups is 1. The second kappa shape index (κ2) is 5.08. The molecule has 0 saturated carbocycles. The Balaban J connectivity index is 2.50. The highest BCUT2D eigenvalue weighted by molar-refractivity contribution is 5.73. The van der Waals surface area contributed by atoms with Crippen molar-refractivity contribution >= 4 is 11.7 Å². The molecule has 0 radical (unpaired) electrons. The number of nitrogens with one attached hydrogen (secondary N) is 1. The third-order valence-corrected chi connectivity index (χ3v) is 2.90. The summed E-state index contributed by atoms with van der Waals surface area (Å²) >= 11 is 0. The van der Waals surface area contributed by atoms with Gasteiger partial charge in [-0.3, -0.25) is 24.5 Å². The van der Waals surface area contributed by atoms with Crippen molar-refractivity contribution in [3.8, 4) is 0 Å². The Hall–Kier alpha value is -2.57.